The number of aromatic nitrogens is 1. The van der Waals surface area contributed by atoms with Crippen molar-refractivity contribution in [2.24, 2.45) is 5.10 Å². The zero-order valence-electron chi connectivity index (χ0n) is 10.4. The quantitative estimate of drug-likeness (QED) is 0.650. The molecule has 1 aromatic carbocycles. The Morgan fingerprint density at radius 3 is 2.53 bits per heavy atom. The lowest BCUT2D eigenvalue weighted by atomic mass is 10.2. The van der Waals surface area contributed by atoms with Crippen LogP contribution in [0.3, 0.4) is 0 Å². The molecule has 0 spiro atoms. The molecule has 0 saturated heterocycles. The number of carboxylic acid groups (broad SMARTS) is 1. The molecule has 2 aromatic rings. The number of carbonyl (C=O) groups is 1. The van der Waals surface area contributed by atoms with Gasteiger partial charge in [0.25, 0.3) is 0 Å². The third kappa shape index (κ3) is 3.38. The molecule has 0 radical (unpaired) electrons. The lowest BCUT2D eigenvalue weighted by molar-refractivity contribution is 0.0697. The Balaban J connectivity index is 2.08. The minimum atomic E-state index is -0.945. The first-order chi connectivity index (χ1) is 9.16. The molecule has 5 heteroatoms. The van der Waals surface area contributed by atoms with Gasteiger partial charge in [-0.3, -0.25) is 10.4 Å². The predicted molar refractivity (Wildman–Crippen MR) is 73.5 cm³/mol. The summed E-state index contributed by atoms with van der Waals surface area (Å²) in [5.41, 5.74) is 5.37. The number of pyridine rings is 1. The molecule has 0 saturated carbocycles. The highest BCUT2D eigenvalue weighted by Gasteiger charge is 2.01. The summed E-state index contributed by atoms with van der Waals surface area (Å²) >= 11 is 0. The minimum absolute atomic E-state index is 0.246. The first kappa shape index (κ1) is 12.8. The van der Waals surface area contributed by atoms with E-state index in [0.29, 0.717) is 0 Å². The molecule has 0 aliphatic rings. The van der Waals surface area contributed by atoms with Gasteiger partial charge in [0.15, 0.2) is 0 Å². The summed E-state index contributed by atoms with van der Waals surface area (Å²) in [5, 5.41) is 13.0. The van der Waals surface area contributed by atoms with E-state index in [1.54, 1.807) is 18.3 Å². The van der Waals surface area contributed by atoms with Gasteiger partial charge in [0, 0.05) is 6.20 Å². The molecule has 0 aliphatic carbocycles. The molecule has 1 aromatic heterocycles. The fraction of sp³-hybridized carbons (Fsp3) is 0.0714. The maximum atomic E-state index is 10.7. The average Bonchev–Trinajstić information content (AvgIpc) is 2.46. The van der Waals surface area contributed by atoms with Gasteiger partial charge in [-0.25, -0.2) is 4.79 Å². The van der Waals surface area contributed by atoms with E-state index in [1.165, 1.54) is 12.1 Å². The van der Waals surface area contributed by atoms with E-state index < -0.39 is 5.97 Å². The maximum absolute atomic E-state index is 10.7. The number of anilines is 1. The van der Waals surface area contributed by atoms with E-state index in [1.807, 2.05) is 25.1 Å². The Morgan fingerprint density at radius 1 is 1.21 bits per heavy atom. The Bertz CT molecular complexity index is 592. The molecule has 0 atom stereocenters. The lowest BCUT2D eigenvalue weighted by Crippen LogP contribution is -2.02. The molecule has 0 aliphatic heterocycles. The number of nitrogens with zero attached hydrogens (tertiary/aromatic N) is 2. The monoisotopic (exact) mass is 255 g/mol. The van der Waals surface area contributed by atoms with Crippen LogP contribution >= 0.6 is 0 Å². The summed E-state index contributed by atoms with van der Waals surface area (Å²) < 4.78 is 0. The number of hydrogen-bond acceptors (Lipinski definition) is 4. The Kier molecular flexibility index (Phi) is 3.87. The summed E-state index contributed by atoms with van der Waals surface area (Å²) in [6.07, 6.45) is 1.70. The van der Waals surface area contributed by atoms with Crippen LogP contribution in [0.4, 0.5) is 5.69 Å². The van der Waals surface area contributed by atoms with Crippen LogP contribution in [-0.2, 0) is 0 Å². The van der Waals surface area contributed by atoms with Gasteiger partial charge in [-0.1, -0.05) is 6.07 Å². The van der Waals surface area contributed by atoms with Crippen molar-refractivity contribution in [3.8, 4) is 0 Å². The predicted octanol–water partition coefficient (Wildman–Crippen LogP) is 2.62. The molecule has 1 heterocycles. The first-order valence-electron chi connectivity index (χ1n) is 5.72. The zero-order valence-corrected chi connectivity index (χ0v) is 10.4. The van der Waals surface area contributed by atoms with Crippen molar-refractivity contribution in [1.82, 2.24) is 4.98 Å². The summed E-state index contributed by atoms with van der Waals surface area (Å²) in [7, 11) is 0. The molecule has 19 heavy (non-hydrogen) atoms. The van der Waals surface area contributed by atoms with Gasteiger partial charge >= 0.3 is 5.97 Å². The molecule has 5 nitrogen and oxygen atoms in total. The van der Waals surface area contributed by atoms with Crippen LogP contribution in [0.1, 0.15) is 23.0 Å². The van der Waals surface area contributed by atoms with Crippen molar-refractivity contribution < 1.29 is 9.90 Å². The molecule has 0 bridgehead atoms. The second kappa shape index (κ2) is 5.77. The standard InChI is InChI=1S/C14H13N3O2/c1-10(13-4-2-3-9-15-13)16-17-12-7-5-11(6-8-12)14(18)19/h2-9,17H,1H3,(H,18,19)/b16-10-. The topological polar surface area (TPSA) is 74.6 Å². The van der Waals surface area contributed by atoms with Crippen LogP contribution in [0.25, 0.3) is 0 Å². The third-order valence-electron chi connectivity index (χ3n) is 2.52. The van der Waals surface area contributed by atoms with Gasteiger partial charge in [0.2, 0.25) is 0 Å². The van der Waals surface area contributed by atoms with Crippen molar-refractivity contribution >= 4 is 17.4 Å². The van der Waals surface area contributed by atoms with E-state index in [9.17, 15) is 4.79 Å². The SMILES string of the molecule is C/C(=N/Nc1ccc(C(=O)O)cc1)c1ccccn1. The van der Waals surface area contributed by atoms with Crippen molar-refractivity contribution in [2.75, 3.05) is 5.43 Å². The van der Waals surface area contributed by atoms with Crippen LogP contribution in [0.15, 0.2) is 53.8 Å². The van der Waals surface area contributed by atoms with Crippen molar-refractivity contribution in [2.45, 2.75) is 6.92 Å². The van der Waals surface area contributed by atoms with E-state index in [2.05, 4.69) is 15.5 Å². The highest BCUT2D eigenvalue weighted by Crippen LogP contribution is 2.10. The van der Waals surface area contributed by atoms with Crippen LogP contribution in [0, 0.1) is 0 Å². The molecule has 0 fully saturated rings. The Morgan fingerprint density at radius 2 is 1.95 bits per heavy atom. The average molecular weight is 255 g/mol. The number of carboxylic acids is 1. The largest absolute Gasteiger partial charge is 0.478 e. The second-order valence-electron chi connectivity index (χ2n) is 3.91. The van der Waals surface area contributed by atoms with Crippen molar-refractivity contribution in [3.63, 3.8) is 0 Å². The van der Waals surface area contributed by atoms with E-state index in [0.717, 1.165) is 17.1 Å². The number of rotatable bonds is 4. The fourth-order valence-corrected chi connectivity index (χ4v) is 1.47. The first-order valence-corrected chi connectivity index (χ1v) is 5.72. The van der Waals surface area contributed by atoms with E-state index in [4.69, 9.17) is 5.11 Å². The van der Waals surface area contributed by atoms with Gasteiger partial charge in [0.05, 0.1) is 22.7 Å². The van der Waals surface area contributed by atoms with E-state index in [-0.39, 0.29) is 5.56 Å². The van der Waals surface area contributed by atoms with E-state index >= 15 is 0 Å². The molecular formula is C14H13N3O2. The summed E-state index contributed by atoms with van der Waals surface area (Å²) in [6, 6.07) is 12.0. The molecule has 0 unspecified atom stereocenters. The zero-order chi connectivity index (χ0) is 13.7. The number of hydrogen-bond donors (Lipinski definition) is 2. The van der Waals surface area contributed by atoms with Crippen molar-refractivity contribution in [1.29, 1.82) is 0 Å². The normalized spacial score (nSPS) is 11.1. The highest BCUT2D eigenvalue weighted by molar-refractivity contribution is 5.97. The smallest absolute Gasteiger partial charge is 0.335 e. The van der Waals surface area contributed by atoms with Crippen LogP contribution in [-0.4, -0.2) is 21.8 Å². The van der Waals surface area contributed by atoms with Gasteiger partial charge in [0.1, 0.15) is 0 Å². The van der Waals surface area contributed by atoms with Crippen LogP contribution in [0.5, 0.6) is 0 Å². The molecular weight excluding hydrogens is 242 g/mol. The third-order valence-corrected chi connectivity index (χ3v) is 2.52. The molecule has 2 N–H and O–H groups in total. The fourth-order valence-electron chi connectivity index (χ4n) is 1.47. The molecule has 0 amide bonds. The minimum Gasteiger partial charge on any atom is -0.478 e. The second-order valence-corrected chi connectivity index (χ2v) is 3.91. The number of aromatic carboxylic acids is 1. The summed E-state index contributed by atoms with van der Waals surface area (Å²) in [5.74, 6) is -0.945. The summed E-state index contributed by atoms with van der Waals surface area (Å²) in [4.78, 5) is 14.9. The maximum Gasteiger partial charge on any atom is 0.335 e. The summed E-state index contributed by atoms with van der Waals surface area (Å²) in [6.45, 7) is 1.85. The van der Waals surface area contributed by atoms with Gasteiger partial charge in [-0.2, -0.15) is 5.10 Å². The number of nitrogens with one attached hydrogen (secondary N) is 1. The van der Waals surface area contributed by atoms with Crippen molar-refractivity contribution in [3.05, 3.63) is 59.9 Å². The molecule has 96 valence electrons. The van der Waals surface area contributed by atoms with Gasteiger partial charge in [-0.15, -0.1) is 0 Å². The van der Waals surface area contributed by atoms with Crippen LogP contribution < -0.4 is 5.43 Å². The van der Waals surface area contributed by atoms with Crippen LogP contribution in [0.2, 0.25) is 0 Å². The van der Waals surface area contributed by atoms with Gasteiger partial charge < -0.3 is 5.11 Å². The number of benzene rings is 1. The molecule has 2 rings (SSSR count). The lowest BCUT2D eigenvalue weighted by Gasteiger charge is -2.03. The van der Waals surface area contributed by atoms with Gasteiger partial charge in [-0.05, 0) is 43.3 Å². The number of hydrazone groups is 1. The Labute approximate surface area is 110 Å². The highest BCUT2D eigenvalue weighted by atomic mass is 16.4. The Hall–Kier alpha value is -2.69.